The first-order valence-corrected chi connectivity index (χ1v) is 9.12. The van der Waals surface area contributed by atoms with E-state index < -0.39 is 5.91 Å². The van der Waals surface area contributed by atoms with Crippen LogP contribution < -0.4 is 36.7 Å². The minimum atomic E-state index is -0.433. The molecule has 0 atom stereocenters. The summed E-state index contributed by atoms with van der Waals surface area (Å²) >= 11 is 0. The Hall–Kier alpha value is -3.55. The molecule has 0 spiro atoms. The fraction of sp³-hybridized carbons (Fsp3) is 0.286. The quantitative estimate of drug-likeness (QED) is 0.393. The molecule has 0 saturated heterocycles. The number of anilines is 1. The number of rotatable bonds is 8. The van der Waals surface area contributed by atoms with Gasteiger partial charge in [-0.1, -0.05) is 25.1 Å². The van der Waals surface area contributed by atoms with E-state index in [0.29, 0.717) is 46.2 Å². The minimum absolute atomic E-state index is 0.0819. The highest BCUT2D eigenvalue weighted by Gasteiger charge is 2.21. The number of benzene rings is 2. The van der Waals surface area contributed by atoms with Crippen LogP contribution in [0, 0.1) is 0 Å². The molecule has 156 valence electrons. The summed E-state index contributed by atoms with van der Waals surface area (Å²) in [5.74, 6) is 1.00. The topological polar surface area (TPSA) is 135 Å². The van der Waals surface area contributed by atoms with Gasteiger partial charge in [0.25, 0.3) is 5.91 Å². The van der Waals surface area contributed by atoms with Crippen molar-refractivity contribution >= 4 is 17.3 Å². The zero-order chi connectivity index (χ0) is 21.6. The van der Waals surface area contributed by atoms with Crippen LogP contribution in [0.15, 0.2) is 36.0 Å². The number of carbonyl (C=O) groups excluding carboxylic acids is 1. The molecule has 1 amide bonds. The molecule has 0 saturated carbocycles. The molecule has 0 aliphatic rings. The van der Waals surface area contributed by atoms with E-state index >= 15 is 0 Å². The summed E-state index contributed by atoms with van der Waals surface area (Å²) in [4.78, 5) is 12.2. The molecule has 0 aliphatic heterocycles. The molecule has 2 aromatic carbocycles. The van der Waals surface area contributed by atoms with Gasteiger partial charge in [0.1, 0.15) is 5.70 Å². The lowest BCUT2D eigenvalue weighted by molar-refractivity contribution is -0.117. The average Bonchev–Trinajstić information content (AvgIpc) is 2.75. The molecule has 0 radical (unpaired) electrons. The van der Waals surface area contributed by atoms with Gasteiger partial charge in [-0.05, 0) is 18.6 Å². The first kappa shape index (κ1) is 21.7. The minimum Gasteiger partial charge on any atom is -0.493 e. The third-order valence-electron chi connectivity index (χ3n) is 4.46. The van der Waals surface area contributed by atoms with Crippen molar-refractivity contribution in [2.75, 3.05) is 33.6 Å². The van der Waals surface area contributed by atoms with Gasteiger partial charge in [0.2, 0.25) is 5.75 Å². The van der Waals surface area contributed by atoms with Crippen molar-refractivity contribution in [1.29, 1.82) is 0 Å². The molecule has 0 bridgehead atoms. The number of nitrogens with two attached hydrogens (primary N) is 3. The first-order valence-electron chi connectivity index (χ1n) is 9.12. The molecule has 0 fully saturated rings. The van der Waals surface area contributed by atoms with Gasteiger partial charge < -0.3 is 36.7 Å². The van der Waals surface area contributed by atoms with Gasteiger partial charge in [-0.15, -0.1) is 0 Å². The zero-order valence-corrected chi connectivity index (χ0v) is 17.2. The van der Waals surface area contributed by atoms with Crippen molar-refractivity contribution in [3.05, 3.63) is 41.6 Å². The van der Waals surface area contributed by atoms with Gasteiger partial charge in [-0.2, -0.15) is 0 Å². The molecule has 2 aromatic rings. The van der Waals surface area contributed by atoms with E-state index in [2.05, 4.69) is 5.32 Å². The lowest BCUT2D eigenvalue weighted by Crippen LogP contribution is -2.31. The van der Waals surface area contributed by atoms with Crippen LogP contribution in [0.4, 0.5) is 5.69 Å². The molecular weight excluding hydrogens is 372 g/mol. The van der Waals surface area contributed by atoms with Gasteiger partial charge in [0.15, 0.2) is 11.5 Å². The van der Waals surface area contributed by atoms with E-state index in [1.807, 2.05) is 19.1 Å². The Labute approximate surface area is 170 Å². The Morgan fingerprint density at radius 2 is 1.66 bits per heavy atom. The van der Waals surface area contributed by atoms with Crippen LogP contribution in [0.1, 0.15) is 18.9 Å². The fourth-order valence-electron chi connectivity index (χ4n) is 2.95. The summed E-state index contributed by atoms with van der Waals surface area (Å²) < 4.78 is 16.3. The predicted molar refractivity (Wildman–Crippen MR) is 115 cm³/mol. The molecule has 2 rings (SSSR count). The molecule has 0 aliphatic carbocycles. The van der Waals surface area contributed by atoms with Crippen molar-refractivity contribution in [1.82, 2.24) is 5.32 Å². The number of hydrogen-bond acceptors (Lipinski definition) is 7. The van der Waals surface area contributed by atoms with Gasteiger partial charge in [-0.3, -0.25) is 4.79 Å². The molecule has 29 heavy (non-hydrogen) atoms. The van der Waals surface area contributed by atoms with E-state index in [9.17, 15) is 4.79 Å². The summed E-state index contributed by atoms with van der Waals surface area (Å²) in [6.07, 6.45) is 0.787. The molecule has 7 N–H and O–H groups in total. The maximum atomic E-state index is 12.2. The second-order valence-electron chi connectivity index (χ2n) is 6.23. The van der Waals surface area contributed by atoms with Crippen LogP contribution in [-0.2, 0) is 4.79 Å². The van der Waals surface area contributed by atoms with E-state index in [-0.39, 0.29) is 11.4 Å². The molecule has 8 nitrogen and oxygen atoms in total. The number of para-hydroxylation sites is 1. The Balaban J connectivity index is 2.61. The van der Waals surface area contributed by atoms with Gasteiger partial charge in [-0.25, -0.2) is 0 Å². The first-order chi connectivity index (χ1) is 13.9. The lowest BCUT2D eigenvalue weighted by Gasteiger charge is -2.18. The summed E-state index contributed by atoms with van der Waals surface area (Å²) in [5, 5.41) is 2.70. The maximum absolute atomic E-state index is 12.2. The molecule has 0 aromatic heterocycles. The van der Waals surface area contributed by atoms with Crippen LogP contribution in [0.5, 0.6) is 17.2 Å². The van der Waals surface area contributed by atoms with Gasteiger partial charge in [0.05, 0.1) is 27.0 Å². The number of nitrogen functional groups attached to an aromatic ring is 1. The second-order valence-corrected chi connectivity index (χ2v) is 6.23. The smallest absolute Gasteiger partial charge is 0.269 e. The number of ether oxygens (including phenoxy) is 3. The highest BCUT2D eigenvalue weighted by Crippen LogP contribution is 2.46. The summed E-state index contributed by atoms with van der Waals surface area (Å²) in [5.41, 5.74) is 20.7. The van der Waals surface area contributed by atoms with E-state index in [0.717, 1.165) is 6.42 Å². The standard InChI is InChI=1S/C21H28N4O4/c1-5-11-25-21(26)18(24)17(23)14-8-6-7-12(16(14)22)13-9-10-15(27-2)20(29-4)19(13)28-3/h6-10H,5,11,22-24H2,1-4H3,(H,25,26)/b18-17+. The monoisotopic (exact) mass is 400 g/mol. The molecular formula is C21H28N4O4. The number of methoxy groups -OCH3 is 3. The van der Waals surface area contributed by atoms with Gasteiger partial charge in [0, 0.05) is 28.9 Å². The third-order valence-corrected chi connectivity index (χ3v) is 4.46. The number of carbonyl (C=O) groups is 1. The van der Waals surface area contributed by atoms with Gasteiger partial charge >= 0.3 is 0 Å². The molecule has 8 heteroatoms. The summed E-state index contributed by atoms with van der Waals surface area (Å²) in [6, 6.07) is 8.88. The van der Waals surface area contributed by atoms with E-state index in [4.69, 9.17) is 31.4 Å². The van der Waals surface area contributed by atoms with E-state index in [1.165, 1.54) is 14.2 Å². The van der Waals surface area contributed by atoms with Crippen LogP contribution in [0.25, 0.3) is 16.8 Å². The Kier molecular flexibility index (Phi) is 7.19. The van der Waals surface area contributed by atoms with Crippen molar-refractivity contribution in [3.8, 4) is 28.4 Å². The Bertz CT molecular complexity index is 925. The van der Waals surface area contributed by atoms with Crippen LogP contribution in [-0.4, -0.2) is 33.8 Å². The Morgan fingerprint density at radius 3 is 2.24 bits per heavy atom. The lowest BCUT2D eigenvalue weighted by atomic mass is 9.97. The maximum Gasteiger partial charge on any atom is 0.269 e. The zero-order valence-electron chi connectivity index (χ0n) is 17.2. The van der Waals surface area contributed by atoms with Crippen LogP contribution in [0.3, 0.4) is 0 Å². The SMILES string of the molecule is CCCNC(=O)/C(N)=C(\N)c1cccc(-c2ccc(OC)c(OC)c2OC)c1N. The molecule has 0 unspecified atom stereocenters. The normalized spacial score (nSPS) is 11.4. The van der Waals surface area contributed by atoms with Crippen LogP contribution in [0.2, 0.25) is 0 Å². The number of hydrogen-bond donors (Lipinski definition) is 4. The summed E-state index contributed by atoms with van der Waals surface area (Å²) in [6.45, 7) is 2.45. The van der Waals surface area contributed by atoms with Crippen LogP contribution >= 0.6 is 0 Å². The highest BCUT2D eigenvalue weighted by atomic mass is 16.5. The van der Waals surface area contributed by atoms with Crippen molar-refractivity contribution in [2.24, 2.45) is 11.5 Å². The van der Waals surface area contributed by atoms with Crippen molar-refractivity contribution in [2.45, 2.75) is 13.3 Å². The predicted octanol–water partition coefficient (Wildman–Crippen LogP) is 2.07. The highest BCUT2D eigenvalue weighted by molar-refractivity contribution is 6.02. The van der Waals surface area contributed by atoms with Crippen molar-refractivity contribution < 1.29 is 19.0 Å². The Morgan fingerprint density at radius 1 is 0.966 bits per heavy atom. The number of nitrogens with one attached hydrogen (secondary N) is 1. The second kappa shape index (κ2) is 9.59. The third kappa shape index (κ3) is 4.31. The largest absolute Gasteiger partial charge is 0.493 e. The average molecular weight is 400 g/mol. The van der Waals surface area contributed by atoms with Crippen molar-refractivity contribution in [3.63, 3.8) is 0 Å². The molecule has 0 heterocycles. The van der Waals surface area contributed by atoms with E-state index in [1.54, 1.807) is 25.3 Å². The summed E-state index contributed by atoms with van der Waals surface area (Å²) in [7, 11) is 4.61. The fourth-order valence-corrected chi connectivity index (χ4v) is 2.95. The number of amides is 1.